The van der Waals surface area contributed by atoms with Crippen LogP contribution < -0.4 is 0 Å². The summed E-state index contributed by atoms with van der Waals surface area (Å²) in [5.41, 5.74) is 0.797. The summed E-state index contributed by atoms with van der Waals surface area (Å²) in [5.74, 6) is -0.256. The molecule has 1 aliphatic carbocycles. The van der Waals surface area contributed by atoms with Gasteiger partial charge in [0.15, 0.2) is 0 Å². The van der Waals surface area contributed by atoms with Crippen LogP contribution in [0, 0.1) is 5.82 Å². The van der Waals surface area contributed by atoms with Gasteiger partial charge in [-0.25, -0.2) is 4.39 Å². The van der Waals surface area contributed by atoms with E-state index in [0.717, 1.165) is 37.8 Å². The van der Waals surface area contributed by atoms with Crippen molar-refractivity contribution in [3.63, 3.8) is 0 Å². The first kappa shape index (κ1) is 13.0. The highest BCUT2D eigenvalue weighted by Crippen LogP contribution is 2.27. The predicted octanol–water partition coefficient (Wildman–Crippen LogP) is 1.64. The fourth-order valence-corrected chi connectivity index (χ4v) is 2.79. The molecule has 2 aliphatic rings. The quantitative estimate of drug-likeness (QED) is 0.895. The zero-order chi connectivity index (χ0) is 13.2. The average Bonchev–Trinajstić information content (AvgIpc) is 3.25. The van der Waals surface area contributed by atoms with E-state index in [0.29, 0.717) is 6.54 Å². The summed E-state index contributed by atoms with van der Waals surface area (Å²) in [7, 11) is 0. The molecule has 1 aliphatic heterocycles. The Bertz CT molecular complexity index is 411. The summed E-state index contributed by atoms with van der Waals surface area (Å²) >= 11 is 0. The van der Waals surface area contributed by atoms with Gasteiger partial charge in [-0.3, -0.25) is 9.80 Å². The molecule has 1 N–H and O–H groups in total. The molecule has 3 rings (SSSR count). The fraction of sp³-hybridized carbons (Fsp3) is 0.600. The van der Waals surface area contributed by atoms with Crippen molar-refractivity contribution in [2.45, 2.75) is 25.0 Å². The summed E-state index contributed by atoms with van der Waals surface area (Å²) in [6.45, 7) is 4.91. The molecular weight excluding hydrogens is 243 g/mol. The molecular formula is C15H21FN2O. The van der Waals surface area contributed by atoms with E-state index in [9.17, 15) is 9.50 Å². The number of rotatable bonds is 4. The molecule has 1 saturated carbocycles. The lowest BCUT2D eigenvalue weighted by atomic mass is 10.1. The van der Waals surface area contributed by atoms with Crippen LogP contribution in [0.5, 0.6) is 0 Å². The summed E-state index contributed by atoms with van der Waals surface area (Å²) in [5, 5.41) is 10.2. The second-order valence-electron chi connectivity index (χ2n) is 5.64. The number of hydrogen-bond donors (Lipinski definition) is 1. The van der Waals surface area contributed by atoms with Gasteiger partial charge in [-0.15, -0.1) is 0 Å². The van der Waals surface area contributed by atoms with E-state index in [4.69, 9.17) is 0 Å². The summed E-state index contributed by atoms with van der Waals surface area (Å²) in [6.07, 6.45) is 2.20. The predicted molar refractivity (Wildman–Crippen MR) is 72.4 cm³/mol. The van der Waals surface area contributed by atoms with Gasteiger partial charge in [0.05, 0.1) is 6.10 Å². The van der Waals surface area contributed by atoms with Gasteiger partial charge in [-0.05, 0) is 30.5 Å². The summed E-state index contributed by atoms with van der Waals surface area (Å²) in [4.78, 5) is 4.85. The van der Waals surface area contributed by atoms with E-state index < -0.39 is 6.10 Å². The van der Waals surface area contributed by atoms with Gasteiger partial charge in [0.2, 0.25) is 0 Å². The molecule has 19 heavy (non-hydrogen) atoms. The Balaban J connectivity index is 1.49. The van der Waals surface area contributed by atoms with E-state index in [-0.39, 0.29) is 5.82 Å². The van der Waals surface area contributed by atoms with E-state index in [2.05, 4.69) is 9.80 Å². The number of halogens is 1. The van der Waals surface area contributed by atoms with Crippen molar-refractivity contribution < 1.29 is 9.50 Å². The Labute approximate surface area is 113 Å². The van der Waals surface area contributed by atoms with Crippen LogP contribution in [0.25, 0.3) is 0 Å². The van der Waals surface area contributed by atoms with Crippen molar-refractivity contribution in [2.75, 3.05) is 32.7 Å². The topological polar surface area (TPSA) is 26.7 Å². The van der Waals surface area contributed by atoms with Crippen molar-refractivity contribution in [3.05, 3.63) is 35.6 Å². The Morgan fingerprint density at radius 1 is 1.11 bits per heavy atom. The highest BCUT2D eigenvalue weighted by molar-refractivity contribution is 5.18. The van der Waals surface area contributed by atoms with Gasteiger partial charge in [0.25, 0.3) is 0 Å². The molecule has 1 aromatic rings. The largest absolute Gasteiger partial charge is 0.387 e. The average molecular weight is 264 g/mol. The number of β-amino-alcohol motifs (C(OH)–C–C–N with tert-alkyl or cyclic N) is 1. The molecule has 0 amide bonds. The van der Waals surface area contributed by atoms with Crippen LogP contribution in [0.2, 0.25) is 0 Å². The number of piperazine rings is 1. The standard InChI is InChI=1S/C15H21FN2O/c16-13-3-1-12(2-4-13)15(19)11-17-7-9-18(10-8-17)14-5-6-14/h1-4,14-15,19H,5-11H2. The van der Waals surface area contributed by atoms with E-state index in [1.54, 1.807) is 12.1 Å². The molecule has 0 bridgehead atoms. The second-order valence-corrected chi connectivity index (χ2v) is 5.64. The Hall–Kier alpha value is -0.970. The molecule has 2 fully saturated rings. The minimum Gasteiger partial charge on any atom is -0.387 e. The molecule has 1 atom stereocenters. The molecule has 1 aromatic carbocycles. The molecule has 0 spiro atoms. The van der Waals surface area contributed by atoms with Crippen molar-refractivity contribution in [1.29, 1.82) is 0 Å². The zero-order valence-corrected chi connectivity index (χ0v) is 11.1. The van der Waals surface area contributed by atoms with Crippen molar-refractivity contribution in [3.8, 4) is 0 Å². The van der Waals surface area contributed by atoms with Gasteiger partial charge < -0.3 is 5.11 Å². The lowest BCUT2D eigenvalue weighted by Crippen LogP contribution is -2.48. The Morgan fingerprint density at radius 2 is 1.74 bits per heavy atom. The lowest BCUT2D eigenvalue weighted by Gasteiger charge is -2.35. The third kappa shape index (κ3) is 3.32. The van der Waals surface area contributed by atoms with Gasteiger partial charge in [-0.1, -0.05) is 12.1 Å². The molecule has 1 heterocycles. The second kappa shape index (κ2) is 5.57. The lowest BCUT2D eigenvalue weighted by molar-refractivity contribution is 0.0699. The Morgan fingerprint density at radius 3 is 2.32 bits per heavy atom. The molecule has 104 valence electrons. The maximum absolute atomic E-state index is 12.8. The smallest absolute Gasteiger partial charge is 0.123 e. The van der Waals surface area contributed by atoms with Crippen LogP contribution in [0.4, 0.5) is 4.39 Å². The van der Waals surface area contributed by atoms with E-state index >= 15 is 0 Å². The van der Waals surface area contributed by atoms with E-state index in [1.165, 1.54) is 25.0 Å². The summed E-state index contributed by atoms with van der Waals surface area (Å²) in [6, 6.07) is 6.98. The number of hydrogen-bond acceptors (Lipinski definition) is 3. The maximum atomic E-state index is 12.8. The molecule has 1 unspecified atom stereocenters. The van der Waals surface area contributed by atoms with Gasteiger partial charge in [0, 0.05) is 38.8 Å². The van der Waals surface area contributed by atoms with Crippen LogP contribution in [-0.4, -0.2) is 53.7 Å². The van der Waals surface area contributed by atoms with Crippen LogP contribution >= 0.6 is 0 Å². The highest BCUT2D eigenvalue weighted by Gasteiger charge is 2.31. The number of nitrogens with zero attached hydrogens (tertiary/aromatic N) is 2. The molecule has 4 heteroatoms. The third-order valence-corrected chi connectivity index (χ3v) is 4.16. The van der Waals surface area contributed by atoms with Crippen LogP contribution in [-0.2, 0) is 0 Å². The minimum absolute atomic E-state index is 0.256. The molecule has 3 nitrogen and oxygen atoms in total. The minimum atomic E-state index is -0.520. The molecule has 1 saturated heterocycles. The summed E-state index contributed by atoms with van der Waals surface area (Å²) < 4.78 is 12.8. The SMILES string of the molecule is OC(CN1CCN(C2CC2)CC1)c1ccc(F)cc1. The molecule has 0 radical (unpaired) electrons. The van der Waals surface area contributed by atoms with E-state index in [1.807, 2.05) is 0 Å². The van der Waals surface area contributed by atoms with Crippen LogP contribution in [0.1, 0.15) is 24.5 Å². The van der Waals surface area contributed by atoms with Crippen LogP contribution in [0.3, 0.4) is 0 Å². The zero-order valence-electron chi connectivity index (χ0n) is 11.1. The number of benzene rings is 1. The highest BCUT2D eigenvalue weighted by atomic mass is 19.1. The first-order chi connectivity index (χ1) is 9.22. The van der Waals surface area contributed by atoms with Crippen LogP contribution in [0.15, 0.2) is 24.3 Å². The first-order valence-electron chi connectivity index (χ1n) is 7.12. The van der Waals surface area contributed by atoms with Crippen molar-refractivity contribution in [2.24, 2.45) is 0 Å². The fourth-order valence-electron chi connectivity index (χ4n) is 2.79. The normalized spacial score (nSPS) is 23.5. The van der Waals surface area contributed by atoms with Gasteiger partial charge >= 0.3 is 0 Å². The maximum Gasteiger partial charge on any atom is 0.123 e. The first-order valence-corrected chi connectivity index (χ1v) is 7.12. The third-order valence-electron chi connectivity index (χ3n) is 4.16. The Kier molecular flexibility index (Phi) is 3.82. The van der Waals surface area contributed by atoms with Crippen molar-refractivity contribution >= 4 is 0 Å². The van der Waals surface area contributed by atoms with Crippen molar-refractivity contribution in [1.82, 2.24) is 9.80 Å². The van der Waals surface area contributed by atoms with Gasteiger partial charge in [-0.2, -0.15) is 0 Å². The number of aliphatic hydroxyl groups excluding tert-OH is 1. The molecule has 0 aromatic heterocycles. The van der Waals surface area contributed by atoms with Gasteiger partial charge in [0.1, 0.15) is 5.82 Å². The number of aliphatic hydroxyl groups is 1. The monoisotopic (exact) mass is 264 g/mol.